The van der Waals surface area contributed by atoms with Gasteiger partial charge in [0.15, 0.2) is 0 Å². The summed E-state index contributed by atoms with van der Waals surface area (Å²) in [5.74, 6) is -0.494. The second-order valence-electron chi connectivity index (χ2n) is 9.05. The lowest BCUT2D eigenvalue weighted by Gasteiger charge is -2.28. The van der Waals surface area contributed by atoms with E-state index in [4.69, 9.17) is 9.72 Å². The summed E-state index contributed by atoms with van der Waals surface area (Å²) in [7, 11) is 0. The lowest BCUT2D eigenvalue weighted by Crippen LogP contribution is -2.34. The zero-order valence-electron chi connectivity index (χ0n) is 19.8. The first-order valence-corrected chi connectivity index (χ1v) is 11.8. The molecule has 8 nitrogen and oxygen atoms in total. The van der Waals surface area contributed by atoms with E-state index in [0.717, 1.165) is 16.5 Å². The average molecular weight is 487 g/mol. The number of carboxylic acids is 1. The van der Waals surface area contributed by atoms with Gasteiger partial charge in [-0.15, -0.1) is 0 Å². The molecule has 0 bridgehead atoms. The SMILES string of the molecule is CCC(O)(CC(=O)O)c1cc2n(c(=O)c1CO)Cc1cc3cc(OCc4ccccc4)ccc3nc1-2. The normalized spacial score (nSPS) is 13.8. The maximum absolute atomic E-state index is 13.3. The summed E-state index contributed by atoms with van der Waals surface area (Å²) < 4.78 is 7.45. The molecule has 0 aliphatic carbocycles. The van der Waals surface area contributed by atoms with Crippen molar-refractivity contribution in [3.05, 3.63) is 93.3 Å². The highest BCUT2D eigenvalue weighted by Crippen LogP contribution is 2.37. The first-order valence-electron chi connectivity index (χ1n) is 11.8. The number of fused-ring (bicyclic) bond motifs is 4. The maximum Gasteiger partial charge on any atom is 0.306 e. The van der Waals surface area contributed by atoms with Crippen molar-refractivity contribution < 1.29 is 24.9 Å². The largest absolute Gasteiger partial charge is 0.489 e. The number of hydrogen-bond acceptors (Lipinski definition) is 6. The smallest absolute Gasteiger partial charge is 0.306 e. The monoisotopic (exact) mass is 486 g/mol. The molecule has 8 heteroatoms. The van der Waals surface area contributed by atoms with Crippen molar-refractivity contribution in [2.75, 3.05) is 0 Å². The molecule has 36 heavy (non-hydrogen) atoms. The van der Waals surface area contributed by atoms with Crippen LogP contribution in [0.25, 0.3) is 22.3 Å². The molecule has 0 spiro atoms. The van der Waals surface area contributed by atoms with Gasteiger partial charge >= 0.3 is 5.97 Å². The van der Waals surface area contributed by atoms with Gasteiger partial charge in [-0.25, -0.2) is 4.98 Å². The van der Waals surface area contributed by atoms with Gasteiger partial charge in [0.1, 0.15) is 18.0 Å². The standard InChI is InChI=1S/C28H26N2O6/c1-2-28(35,13-25(32)33)22-12-24-26-19(14-30(24)27(34)21(22)15-31)10-18-11-20(8-9-23(18)29-26)36-16-17-6-4-3-5-7-17/h3-12,31,35H,2,13-16H2,1H3,(H,32,33). The molecule has 3 N–H and O–H groups in total. The fourth-order valence-corrected chi connectivity index (χ4v) is 4.81. The summed E-state index contributed by atoms with van der Waals surface area (Å²) >= 11 is 0. The zero-order chi connectivity index (χ0) is 25.4. The summed E-state index contributed by atoms with van der Waals surface area (Å²) in [6.07, 6.45) is -0.512. The number of aliphatic hydroxyl groups excluding tert-OH is 1. The highest BCUT2D eigenvalue weighted by molar-refractivity contribution is 5.85. The Morgan fingerprint density at radius 1 is 1.14 bits per heavy atom. The van der Waals surface area contributed by atoms with Gasteiger partial charge < -0.3 is 24.6 Å². The van der Waals surface area contributed by atoms with Crippen molar-refractivity contribution >= 4 is 16.9 Å². The minimum Gasteiger partial charge on any atom is -0.489 e. The van der Waals surface area contributed by atoms with Crippen LogP contribution in [0.1, 0.15) is 42.0 Å². The van der Waals surface area contributed by atoms with Gasteiger partial charge in [-0.2, -0.15) is 0 Å². The van der Waals surface area contributed by atoms with E-state index in [9.17, 15) is 24.9 Å². The molecule has 0 radical (unpaired) electrons. The van der Waals surface area contributed by atoms with Crippen LogP contribution in [0, 0.1) is 0 Å². The van der Waals surface area contributed by atoms with Gasteiger partial charge in [0.05, 0.1) is 36.5 Å². The van der Waals surface area contributed by atoms with Gasteiger partial charge in [-0.05, 0) is 47.9 Å². The van der Waals surface area contributed by atoms with Crippen molar-refractivity contribution in [1.82, 2.24) is 9.55 Å². The van der Waals surface area contributed by atoms with E-state index >= 15 is 0 Å². The number of nitrogens with zero attached hydrogens (tertiary/aromatic N) is 2. The lowest BCUT2D eigenvalue weighted by atomic mass is 9.85. The molecule has 0 saturated carbocycles. The third-order valence-corrected chi connectivity index (χ3v) is 6.77. The number of aromatic nitrogens is 2. The molecule has 1 aliphatic rings. The molecule has 3 heterocycles. The highest BCUT2D eigenvalue weighted by atomic mass is 16.5. The fourth-order valence-electron chi connectivity index (χ4n) is 4.81. The van der Waals surface area contributed by atoms with E-state index in [1.54, 1.807) is 13.0 Å². The Hall–Kier alpha value is -4.01. The third-order valence-electron chi connectivity index (χ3n) is 6.77. The van der Waals surface area contributed by atoms with Crippen LogP contribution in [0.4, 0.5) is 0 Å². The third kappa shape index (κ3) is 4.14. The maximum atomic E-state index is 13.3. The van der Waals surface area contributed by atoms with Crippen LogP contribution in [0.15, 0.2) is 65.5 Å². The molecule has 2 aromatic carbocycles. The molecule has 5 rings (SSSR count). The molecule has 0 saturated heterocycles. The quantitative estimate of drug-likeness (QED) is 0.307. The Morgan fingerprint density at radius 3 is 2.61 bits per heavy atom. The van der Waals surface area contributed by atoms with Gasteiger partial charge in [0, 0.05) is 16.5 Å². The van der Waals surface area contributed by atoms with Crippen molar-refractivity contribution in [2.45, 2.75) is 45.1 Å². The number of benzene rings is 2. The molecule has 2 aromatic heterocycles. The second-order valence-corrected chi connectivity index (χ2v) is 9.05. The first kappa shape index (κ1) is 23.7. The summed E-state index contributed by atoms with van der Waals surface area (Å²) in [6, 6.07) is 19.0. The number of carbonyl (C=O) groups is 1. The number of ether oxygens (including phenoxy) is 1. The molecule has 0 amide bonds. The number of aliphatic hydroxyl groups is 2. The number of carboxylic acid groups (broad SMARTS) is 1. The second kappa shape index (κ2) is 9.22. The van der Waals surface area contributed by atoms with E-state index in [-0.39, 0.29) is 24.1 Å². The molecule has 184 valence electrons. The number of pyridine rings is 2. The van der Waals surface area contributed by atoms with Crippen molar-refractivity contribution in [3.8, 4) is 17.1 Å². The van der Waals surface area contributed by atoms with Gasteiger partial charge in [0.25, 0.3) is 5.56 Å². The Kier molecular flexibility index (Phi) is 6.07. The minimum atomic E-state index is -1.79. The lowest BCUT2D eigenvalue weighted by molar-refractivity contribution is -0.143. The number of hydrogen-bond donors (Lipinski definition) is 3. The van der Waals surface area contributed by atoms with Crippen LogP contribution < -0.4 is 10.3 Å². The molecule has 1 aliphatic heterocycles. The molecular formula is C28H26N2O6. The van der Waals surface area contributed by atoms with Gasteiger partial charge in [-0.3, -0.25) is 9.59 Å². The van der Waals surface area contributed by atoms with Crippen LogP contribution in [0.5, 0.6) is 5.75 Å². The van der Waals surface area contributed by atoms with Crippen LogP contribution in [-0.2, 0) is 30.2 Å². The van der Waals surface area contributed by atoms with E-state index in [2.05, 4.69) is 0 Å². The van der Waals surface area contributed by atoms with E-state index in [1.807, 2.05) is 54.6 Å². The number of aliphatic carboxylic acids is 1. The molecule has 0 fully saturated rings. The van der Waals surface area contributed by atoms with Crippen LogP contribution in [0.3, 0.4) is 0 Å². The fraction of sp³-hybridized carbons (Fsp3) is 0.250. The molecule has 1 unspecified atom stereocenters. The first-order chi connectivity index (χ1) is 17.3. The predicted molar refractivity (Wildman–Crippen MR) is 134 cm³/mol. The average Bonchev–Trinajstić information content (AvgIpc) is 3.23. The van der Waals surface area contributed by atoms with Crippen LogP contribution in [0.2, 0.25) is 0 Å². The van der Waals surface area contributed by atoms with Gasteiger partial charge in [0.2, 0.25) is 0 Å². The Labute approximate surface area is 207 Å². The van der Waals surface area contributed by atoms with Crippen LogP contribution in [-0.4, -0.2) is 30.8 Å². The molecule has 4 aromatic rings. The summed E-state index contributed by atoms with van der Waals surface area (Å²) in [6.45, 7) is 1.74. The van der Waals surface area contributed by atoms with Crippen molar-refractivity contribution in [2.24, 2.45) is 0 Å². The number of rotatable bonds is 8. The highest BCUT2D eigenvalue weighted by Gasteiger charge is 2.36. The molecule has 1 atom stereocenters. The summed E-state index contributed by atoms with van der Waals surface area (Å²) in [4.78, 5) is 29.5. The van der Waals surface area contributed by atoms with Crippen LogP contribution >= 0.6 is 0 Å². The summed E-state index contributed by atoms with van der Waals surface area (Å²) in [5.41, 5.74) is 1.56. The van der Waals surface area contributed by atoms with E-state index in [0.29, 0.717) is 29.3 Å². The Bertz CT molecular complexity index is 1530. The zero-order valence-corrected chi connectivity index (χ0v) is 19.8. The van der Waals surface area contributed by atoms with Gasteiger partial charge in [-0.1, -0.05) is 37.3 Å². The predicted octanol–water partition coefficient (Wildman–Crippen LogP) is 3.57. The van der Waals surface area contributed by atoms with Crippen molar-refractivity contribution in [3.63, 3.8) is 0 Å². The topological polar surface area (TPSA) is 122 Å². The molecular weight excluding hydrogens is 460 g/mol. The minimum absolute atomic E-state index is 0.00157. The Balaban J connectivity index is 1.55. The van der Waals surface area contributed by atoms with E-state index in [1.165, 1.54) is 4.57 Å². The van der Waals surface area contributed by atoms with E-state index < -0.39 is 30.2 Å². The van der Waals surface area contributed by atoms with Crippen molar-refractivity contribution in [1.29, 1.82) is 0 Å². The Morgan fingerprint density at radius 2 is 1.92 bits per heavy atom. The summed E-state index contributed by atoms with van der Waals surface area (Å²) in [5, 5.41) is 31.3.